The number of aryl methyl sites for hydroxylation is 2. The Bertz CT molecular complexity index is 671. The van der Waals surface area contributed by atoms with Crippen LogP contribution in [-0.2, 0) is 0 Å². The van der Waals surface area contributed by atoms with Crippen LogP contribution in [0.2, 0.25) is 0 Å². The Morgan fingerprint density at radius 1 is 1.05 bits per heavy atom. The van der Waals surface area contributed by atoms with E-state index in [4.69, 9.17) is 4.74 Å². The maximum Gasteiger partial charge on any atom is 0.323 e. The number of amides is 2. The summed E-state index contributed by atoms with van der Waals surface area (Å²) in [5.41, 5.74) is 2.52. The van der Waals surface area contributed by atoms with Gasteiger partial charge in [0.1, 0.15) is 11.6 Å². The zero-order valence-electron chi connectivity index (χ0n) is 12.2. The molecule has 0 aliphatic rings. The number of hydrogen-bond acceptors (Lipinski definition) is 2. The van der Waals surface area contributed by atoms with Crippen molar-refractivity contribution in [3.05, 3.63) is 53.3 Å². The first-order chi connectivity index (χ1) is 9.99. The highest BCUT2D eigenvalue weighted by atomic mass is 19.1. The molecule has 0 spiro atoms. The molecule has 0 unspecified atom stereocenters. The first-order valence-corrected chi connectivity index (χ1v) is 6.48. The highest BCUT2D eigenvalue weighted by molar-refractivity contribution is 6.00. The predicted molar refractivity (Wildman–Crippen MR) is 81.5 cm³/mol. The quantitative estimate of drug-likeness (QED) is 0.893. The van der Waals surface area contributed by atoms with E-state index in [0.717, 1.165) is 11.1 Å². The summed E-state index contributed by atoms with van der Waals surface area (Å²) in [6.07, 6.45) is 0. The van der Waals surface area contributed by atoms with Crippen LogP contribution in [0.1, 0.15) is 11.1 Å². The smallest absolute Gasteiger partial charge is 0.323 e. The number of anilines is 2. The van der Waals surface area contributed by atoms with Gasteiger partial charge >= 0.3 is 6.03 Å². The fraction of sp³-hybridized carbons (Fsp3) is 0.188. The third-order valence-electron chi connectivity index (χ3n) is 3.05. The predicted octanol–water partition coefficient (Wildman–Crippen LogP) is 4.10. The van der Waals surface area contributed by atoms with Crippen LogP contribution in [0.25, 0.3) is 0 Å². The lowest BCUT2D eigenvalue weighted by molar-refractivity contribution is 0.262. The molecule has 0 bridgehead atoms. The molecule has 4 nitrogen and oxygen atoms in total. The normalized spacial score (nSPS) is 10.1. The number of carbonyl (C=O) groups excluding carboxylic acids is 1. The number of methoxy groups -OCH3 is 1. The number of hydrogen-bond donors (Lipinski definition) is 2. The molecule has 0 heterocycles. The van der Waals surface area contributed by atoms with E-state index in [0.29, 0.717) is 11.4 Å². The van der Waals surface area contributed by atoms with Gasteiger partial charge in [0.2, 0.25) is 0 Å². The van der Waals surface area contributed by atoms with E-state index in [1.807, 2.05) is 19.9 Å². The van der Waals surface area contributed by atoms with Gasteiger partial charge < -0.3 is 15.4 Å². The molecular weight excluding hydrogens is 271 g/mol. The zero-order chi connectivity index (χ0) is 15.4. The lowest BCUT2D eigenvalue weighted by Gasteiger charge is -2.12. The summed E-state index contributed by atoms with van der Waals surface area (Å²) in [4.78, 5) is 11.9. The maximum atomic E-state index is 13.6. The Hall–Kier alpha value is -2.56. The van der Waals surface area contributed by atoms with Gasteiger partial charge in [0, 0.05) is 5.69 Å². The molecule has 2 aromatic rings. The second-order valence-electron chi connectivity index (χ2n) is 4.74. The average molecular weight is 288 g/mol. The van der Waals surface area contributed by atoms with Crippen molar-refractivity contribution < 1.29 is 13.9 Å². The molecule has 0 fully saturated rings. The second-order valence-corrected chi connectivity index (χ2v) is 4.74. The molecule has 21 heavy (non-hydrogen) atoms. The molecule has 0 aromatic heterocycles. The minimum absolute atomic E-state index is 0.152. The van der Waals surface area contributed by atoms with Crippen LogP contribution in [0, 0.1) is 19.7 Å². The van der Waals surface area contributed by atoms with Crippen molar-refractivity contribution in [2.24, 2.45) is 0 Å². The molecule has 110 valence electrons. The van der Waals surface area contributed by atoms with E-state index in [1.165, 1.54) is 6.07 Å². The first-order valence-electron chi connectivity index (χ1n) is 6.48. The lowest BCUT2D eigenvalue weighted by Crippen LogP contribution is -2.20. The summed E-state index contributed by atoms with van der Waals surface area (Å²) in [6.45, 7) is 3.68. The summed E-state index contributed by atoms with van der Waals surface area (Å²) in [5, 5.41) is 5.18. The van der Waals surface area contributed by atoms with E-state index >= 15 is 0 Å². The summed E-state index contributed by atoms with van der Waals surface area (Å²) in [7, 11) is 1.58. The molecule has 0 aliphatic heterocycles. The Kier molecular flexibility index (Phi) is 4.42. The number of benzene rings is 2. The fourth-order valence-electron chi connectivity index (χ4n) is 1.91. The summed E-state index contributed by atoms with van der Waals surface area (Å²) >= 11 is 0. The number of urea groups is 1. The topological polar surface area (TPSA) is 50.4 Å². The maximum absolute atomic E-state index is 13.6. The van der Waals surface area contributed by atoms with Crippen molar-refractivity contribution in [2.75, 3.05) is 17.7 Å². The van der Waals surface area contributed by atoms with E-state index < -0.39 is 11.8 Å². The standard InChI is InChI=1S/C16H17FN2O2/c1-10-4-6-13(17)15(8-10)19-16(20)18-14-7-5-12(21-3)9-11(14)2/h4-9H,1-3H3,(H2,18,19,20). The third-order valence-corrected chi connectivity index (χ3v) is 3.05. The molecule has 5 heteroatoms. The molecule has 0 radical (unpaired) electrons. The summed E-state index contributed by atoms with van der Waals surface area (Å²) < 4.78 is 18.7. The van der Waals surface area contributed by atoms with Crippen LogP contribution in [-0.4, -0.2) is 13.1 Å². The molecule has 0 atom stereocenters. The fourth-order valence-corrected chi connectivity index (χ4v) is 1.91. The number of nitrogens with one attached hydrogen (secondary N) is 2. The highest BCUT2D eigenvalue weighted by Gasteiger charge is 2.09. The Morgan fingerprint density at radius 2 is 1.76 bits per heavy atom. The van der Waals surface area contributed by atoms with Crippen LogP contribution in [0.15, 0.2) is 36.4 Å². The van der Waals surface area contributed by atoms with Crippen LogP contribution < -0.4 is 15.4 Å². The van der Waals surface area contributed by atoms with Gasteiger partial charge in [0.25, 0.3) is 0 Å². The number of ether oxygens (including phenoxy) is 1. The summed E-state index contributed by atoms with van der Waals surface area (Å²) in [5.74, 6) is 0.241. The van der Waals surface area contributed by atoms with Crippen molar-refractivity contribution in [1.29, 1.82) is 0 Å². The number of carbonyl (C=O) groups is 1. The Labute approximate surface area is 122 Å². The SMILES string of the molecule is COc1ccc(NC(=O)Nc2cc(C)ccc2F)c(C)c1. The highest BCUT2D eigenvalue weighted by Crippen LogP contribution is 2.22. The molecule has 0 saturated carbocycles. The van der Waals surface area contributed by atoms with E-state index in [9.17, 15) is 9.18 Å². The molecule has 2 amide bonds. The third kappa shape index (κ3) is 3.72. The lowest BCUT2D eigenvalue weighted by atomic mass is 10.2. The van der Waals surface area contributed by atoms with Crippen molar-refractivity contribution in [1.82, 2.24) is 0 Å². The molecule has 2 aromatic carbocycles. The second kappa shape index (κ2) is 6.26. The molecular formula is C16H17FN2O2. The van der Waals surface area contributed by atoms with Gasteiger partial charge in [-0.05, 0) is 55.3 Å². The van der Waals surface area contributed by atoms with Gasteiger partial charge in [0.05, 0.1) is 12.8 Å². The Morgan fingerprint density at radius 3 is 2.43 bits per heavy atom. The van der Waals surface area contributed by atoms with Gasteiger partial charge in [-0.1, -0.05) is 6.07 Å². The largest absolute Gasteiger partial charge is 0.497 e. The van der Waals surface area contributed by atoms with Crippen LogP contribution in [0.4, 0.5) is 20.6 Å². The van der Waals surface area contributed by atoms with E-state index in [-0.39, 0.29) is 5.69 Å². The summed E-state index contributed by atoms with van der Waals surface area (Å²) in [6, 6.07) is 9.34. The molecule has 0 aliphatic carbocycles. The van der Waals surface area contributed by atoms with Crippen molar-refractivity contribution in [3.8, 4) is 5.75 Å². The van der Waals surface area contributed by atoms with Gasteiger partial charge in [-0.2, -0.15) is 0 Å². The molecule has 2 N–H and O–H groups in total. The molecule has 0 saturated heterocycles. The van der Waals surface area contributed by atoms with Gasteiger partial charge in [0.15, 0.2) is 0 Å². The number of rotatable bonds is 3. The van der Waals surface area contributed by atoms with Crippen molar-refractivity contribution in [3.63, 3.8) is 0 Å². The Balaban J connectivity index is 2.10. The van der Waals surface area contributed by atoms with Crippen molar-refractivity contribution in [2.45, 2.75) is 13.8 Å². The zero-order valence-corrected chi connectivity index (χ0v) is 12.2. The van der Waals surface area contributed by atoms with Gasteiger partial charge in [-0.3, -0.25) is 0 Å². The van der Waals surface area contributed by atoms with Gasteiger partial charge in [-0.15, -0.1) is 0 Å². The van der Waals surface area contributed by atoms with Crippen LogP contribution in [0.3, 0.4) is 0 Å². The van der Waals surface area contributed by atoms with Crippen LogP contribution in [0.5, 0.6) is 5.75 Å². The van der Waals surface area contributed by atoms with E-state index in [2.05, 4.69) is 10.6 Å². The monoisotopic (exact) mass is 288 g/mol. The first kappa shape index (κ1) is 14.8. The average Bonchev–Trinajstić information content (AvgIpc) is 2.45. The van der Waals surface area contributed by atoms with E-state index in [1.54, 1.807) is 31.4 Å². The van der Waals surface area contributed by atoms with Gasteiger partial charge in [-0.25, -0.2) is 9.18 Å². The minimum atomic E-state index is -0.493. The van der Waals surface area contributed by atoms with Crippen molar-refractivity contribution >= 4 is 17.4 Å². The minimum Gasteiger partial charge on any atom is -0.497 e. The number of halogens is 1. The van der Waals surface area contributed by atoms with Crippen LogP contribution >= 0.6 is 0 Å². The molecule has 2 rings (SSSR count).